The average molecular weight is 393 g/mol. The molecule has 6 heteroatoms. The van der Waals surface area contributed by atoms with Crippen molar-refractivity contribution in [2.24, 2.45) is 5.92 Å². The Bertz CT molecular complexity index is 904. The second-order valence-electron chi connectivity index (χ2n) is 8.40. The minimum atomic E-state index is -0.589. The lowest BCUT2D eigenvalue weighted by atomic mass is 9.95. The van der Waals surface area contributed by atoms with Gasteiger partial charge in [0.15, 0.2) is 0 Å². The molecule has 2 saturated heterocycles. The van der Waals surface area contributed by atoms with Crippen molar-refractivity contribution < 1.29 is 14.4 Å². The zero-order valence-electron chi connectivity index (χ0n) is 17.0. The van der Waals surface area contributed by atoms with Crippen LogP contribution in [0.1, 0.15) is 61.0 Å². The van der Waals surface area contributed by atoms with Crippen molar-refractivity contribution in [2.75, 3.05) is 13.1 Å². The van der Waals surface area contributed by atoms with Gasteiger partial charge in [-0.1, -0.05) is 17.9 Å². The Hall–Kier alpha value is -2.65. The fourth-order valence-corrected chi connectivity index (χ4v) is 4.44. The molecule has 0 radical (unpaired) electrons. The average Bonchev–Trinajstić information content (AvgIpc) is 3.04. The molecule has 3 heterocycles. The van der Waals surface area contributed by atoms with Crippen LogP contribution < -0.4 is 5.32 Å². The molecule has 3 amide bonds. The van der Waals surface area contributed by atoms with Gasteiger partial charge in [-0.2, -0.15) is 0 Å². The molecule has 3 aliphatic rings. The number of amides is 3. The van der Waals surface area contributed by atoms with Gasteiger partial charge in [-0.05, 0) is 63.9 Å². The summed E-state index contributed by atoms with van der Waals surface area (Å²) >= 11 is 0. The first-order chi connectivity index (χ1) is 13.9. The summed E-state index contributed by atoms with van der Waals surface area (Å²) in [6.07, 6.45) is 2.78. The van der Waals surface area contributed by atoms with Gasteiger partial charge in [-0.15, -0.1) is 0 Å². The number of nitrogens with zero attached hydrogens (tertiary/aromatic N) is 2. The molecular formula is C23H27N3O3. The predicted molar refractivity (Wildman–Crippen MR) is 109 cm³/mol. The third kappa shape index (κ3) is 3.92. The first kappa shape index (κ1) is 19.7. The van der Waals surface area contributed by atoms with E-state index in [0.29, 0.717) is 30.5 Å². The van der Waals surface area contributed by atoms with Gasteiger partial charge < -0.3 is 9.80 Å². The number of nitrogens with one attached hydrogen (secondary N) is 1. The van der Waals surface area contributed by atoms with Gasteiger partial charge in [-0.25, -0.2) is 0 Å². The van der Waals surface area contributed by atoms with E-state index in [1.54, 1.807) is 11.0 Å². The van der Waals surface area contributed by atoms with Crippen LogP contribution in [0.5, 0.6) is 0 Å². The molecule has 1 aromatic rings. The Labute approximate surface area is 171 Å². The second-order valence-corrected chi connectivity index (χ2v) is 8.40. The molecule has 3 aliphatic heterocycles. The zero-order chi connectivity index (χ0) is 20.5. The molecule has 29 heavy (non-hydrogen) atoms. The Morgan fingerprint density at radius 1 is 1.10 bits per heavy atom. The Balaban J connectivity index is 1.50. The largest absolute Gasteiger partial charge is 0.322 e. The van der Waals surface area contributed by atoms with Gasteiger partial charge in [0.05, 0.1) is 0 Å². The highest BCUT2D eigenvalue weighted by Crippen LogP contribution is 2.29. The predicted octanol–water partition coefficient (Wildman–Crippen LogP) is 1.92. The van der Waals surface area contributed by atoms with Crippen molar-refractivity contribution in [3.63, 3.8) is 0 Å². The molecule has 152 valence electrons. The summed E-state index contributed by atoms with van der Waals surface area (Å²) in [5.74, 6) is 6.31. The highest BCUT2D eigenvalue weighted by Gasteiger charge is 2.39. The van der Waals surface area contributed by atoms with E-state index < -0.39 is 6.04 Å². The fraction of sp³-hybridized carbons (Fsp3) is 0.522. The van der Waals surface area contributed by atoms with E-state index in [2.05, 4.69) is 35.9 Å². The zero-order valence-corrected chi connectivity index (χ0v) is 17.0. The van der Waals surface area contributed by atoms with E-state index in [-0.39, 0.29) is 24.1 Å². The molecule has 1 atom stereocenters. The molecule has 1 unspecified atom stereocenters. The van der Waals surface area contributed by atoms with Crippen LogP contribution in [-0.2, 0) is 16.1 Å². The molecule has 6 nitrogen and oxygen atoms in total. The van der Waals surface area contributed by atoms with Crippen LogP contribution in [0.4, 0.5) is 0 Å². The summed E-state index contributed by atoms with van der Waals surface area (Å²) < 4.78 is 0. The summed E-state index contributed by atoms with van der Waals surface area (Å²) in [5.41, 5.74) is 2.39. The maximum absolute atomic E-state index is 12.9. The molecule has 0 bridgehead atoms. The van der Waals surface area contributed by atoms with E-state index >= 15 is 0 Å². The van der Waals surface area contributed by atoms with Gasteiger partial charge in [0.1, 0.15) is 6.04 Å². The van der Waals surface area contributed by atoms with Gasteiger partial charge in [0.2, 0.25) is 11.8 Å². The summed E-state index contributed by atoms with van der Waals surface area (Å²) in [6.45, 7) is 6.98. The van der Waals surface area contributed by atoms with Gasteiger partial charge in [0.25, 0.3) is 5.91 Å². The summed E-state index contributed by atoms with van der Waals surface area (Å²) in [6, 6.07) is 5.60. The van der Waals surface area contributed by atoms with Gasteiger partial charge in [-0.3, -0.25) is 19.7 Å². The second kappa shape index (κ2) is 8.00. The first-order valence-electron chi connectivity index (χ1n) is 10.5. The number of carbonyl (C=O) groups is 3. The molecule has 1 aromatic carbocycles. The number of benzene rings is 1. The highest BCUT2D eigenvalue weighted by atomic mass is 16.2. The van der Waals surface area contributed by atoms with E-state index in [4.69, 9.17) is 0 Å². The van der Waals surface area contributed by atoms with Crippen molar-refractivity contribution in [1.82, 2.24) is 15.1 Å². The lowest BCUT2D eigenvalue weighted by Gasteiger charge is -2.32. The number of rotatable bonds is 2. The van der Waals surface area contributed by atoms with Crippen LogP contribution in [0.15, 0.2) is 18.2 Å². The normalized spacial score (nSPS) is 23.1. The molecule has 0 aliphatic carbocycles. The Morgan fingerprint density at radius 2 is 1.86 bits per heavy atom. The van der Waals surface area contributed by atoms with Crippen LogP contribution in [0.25, 0.3) is 0 Å². The molecule has 0 aromatic heterocycles. The van der Waals surface area contributed by atoms with E-state index in [1.807, 2.05) is 12.1 Å². The maximum Gasteiger partial charge on any atom is 0.255 e. The Morgan fingerprint density at radius 3 is 2.55 bits per heavy atom. The lowest BCUT2D eigenvalue weighted by Crippen LogP contribution is -2.52. The molecule has 4 rings (SSSR count). The summed E-state index contributed by atoms with van der Waals surface area (Å²) in [7, 11) is 0. The van der Waals surface area contributed by atoms with E-state index in [9.17, 15) is 14.4 Å². The van der Waals surface area contributed by atoms with Crippen LogP contribution in [0.3, 0.4) is 0 Å². The smallest absolute Gasteiger partial charge is 0.255 e. The molecule has 0 spiro atoms. The van der Waals surface area contributed by atoms with Crippen LogP contribution in [-0.4, -0.2) is 52.7 Å². The van der Waals surface area contributed by atoms with Gasteiger partial charge >= 0.3 is 0 Å². The quantitative estimate of drug-likeness (QED) is 0.616. The molecule has 0 saturated carbocycles. The minimum Gasteiger partial charge on any atom is -0.322 e. The van der Waals surface area contributed by atoms with Crippen LogP contribution in [0, 0.1) is 17.8 Å². The topological polar surface area (TPSA) is 69.7 Å². The fourth-order valence-electron chi connectivity index (χ4n) is 4.44. The molecule has 1 N–H and O–H groups in total. The van der Waals surface area contributed by atoms with Crippen molar-refractivity contribution in [2.45, 2.75) is 58.2 Å². The van der Waals surface area contributed by atoms with Crippen molar-refractivity contribution >= 4 is 17.7 Å². The monoisotopic (exact) mass is 393 g/mol. The van der Waals surface area contributed by atoms with Crippen molar-refractivity contribution in [1.29, 1.82) is 0 Å². The number of likely N-dealkylation sites (tertiary alicyclic amines) is 1. The van der Waals surface area contributed by atoms with Crippen LogP contribution in [0.2, 0.25) is 0 Å². The number of piperidine rings is 2. The summed E-state index contributed by atoms with van der Waals surface area (Å²) in [5, 5.41) is 2.34. The maximum atomic E-state index is 12.9. The summed E-state index contributed by atoms with van der Waals surface area (Å²) in [4.78, 5) is 40.6. The van der Waals surface area contributed by atoms with Crippen molar-refractivity contribution in [3.8, 4) is 11.8 Å². The number of imide groups is 1. The van der Waals surface area contributed by atoms with Gasteiger partial charge in [0, 0.05) is 36.1 Å². The number of hydrogen-bond donors (Lipinski definition) is 1. The Kier molecular flexibility index (Phi) is 5.42. The highest BCUT2D eigenvalue weighted by molar-refractivity contribution is 6.05. The van der Waals surface area contributed by atoms with Crippen molar-refractivity contribution in [3.05, 3.63) is 34.9 Å². The molecule has 2 fully saturated rings. The number of hydrogen-bond acceptors (Lipinski definition) is 4. The standard InChI is InChI=1S/C23H27N3O3/c1-15(2)25-12-10-16(11-13-25)6-7-17-4-3-5-18-19(17)14-26(23(18)29)20-8-9-21(27)24-22(20)28/h3-5,15-16,20H,8-14H2,1-2H3,(H,24,27,28). The third-order valence-electron chi connectivity index (χ3n) is 6.25. The first-order valence-corrected chi connectivity index (χ1v) is 10.5. The van der Waals surface area contributed by atoms with E-state index in [1.165, 1.54) is 0 Å². The molecular weight excluding hydrogens is 366 g/mol. The number of fused-ring (bicyclic) bond motifs is 1. The SMILES string of the molecule is CC(C)N1CCC(C#Cc2cccc3c2CN(C2CCC(=O)NC2=O)C3=O)CC1. The third-order valence-corrected chi connectivity index (χ3v) is 6.25. The lowest BCUT2D eigenvalue weighted by molar-refractivity contribution is -0.136. The van der Waals surface area contributed by atoms with Crippen LogP contribution >= 0.6 is 0 Å². The number of carbonyl (C=O) groups excluding carboxylic acids is 3. The van der Waals surface area contributed by atoms with E-state index in [0.717, 1.165) is 37.1 Å². The minimum absolute atomic E-state index is 0.150.